The molecule has 1 unspecified atom stereocenters. The van der Waals surface area contributed by atoms with Gasteiger partial charge < -0.3 is 15.9 Å². The summed E-state index contributed by atoms with van der Waals surface area (Å²) in [5, 5.41) is 19.7. The maximum Gasteiger partial charge on any atom is 0.119 e. The molecule has 0 fully saturated rings. The second-order valence-electron chi connectivity index (χ2n) is 4.02. The van der Waals surface area contributed by atoms with Gasteiger partial charge >= 0.3 is 0 Å². The molecule has 17 heavy (non-hydrogen) atoms. The summed E-state index contributed by atoms with van der Waals surface area (Å²) in [7, 11) is 0. The van der Waals surface area contributed by atoms with Crippen LogP contribution in [-0.4, -0.2) is 10.2 Å². The lowest BCUT2D eigenvalue weighted by Gasteiger charge is -2.12. The van der Waals surface area contributed by atoms with Crippen LogP contribution in [0.15, 0.2) is 48.5 Å². The number of hydrogen-bond donors (Lipinski definition) is 3. The van der Waals surface area contributed by atoms with Crippen molar-refractivity contribution < 1.29 is 10.2 Å². The Morgan fingerprint density at radius 2 is 1.76 bits per heavy atom. The Morgan fingerprint density at radius 3 is 2.47 bits per heavy atom. The lowest BCUT2D eigenvalue weighted by Crippen LogP contribution is -2.02. The molecule has 4 N–H and O–H groups in total. The van der Waals surface area contributed by atoms with Crippen LogP contribution in [-0.2, 0) is 6.42 Å². The maximum absolute atomic E-state index is 10.0. The van der Waals surface area contributed by atoms with Gasteiger partial charge in [-0.2, -0.15) is 0 Å². The number of aliphatic hydroxyl groups is 1. The van der Waals surface area contributed by atoms with Gasteiger partial charge in [0.1, 0.15) is 5.75 Å². The van der Waals surface area contributed by atoms with E-state index in [4.69, 9.17) is 5.73 Å². The highest BCUT2D eigenvalue weighted by atomic mass is 16.3. The highest BCUT2D eigenvalue weighted by Crippen LogP contribution is 2.25. The van der Waals surface area contributed by atoms with E-state index in [9.17, 15) is 10.2 Å². The largest absolute Gasteiger partial charge is 0.508 e. The van der Waals surface area contributed by atoms with E-state index in [2.05, 4.69) is 0 Å². The van der Waals surface area contributed by atoms with E-state index in [1.165, 1.54) is 0 Å². The third-order valence-electron chi connectivity index (χ3n) is 2.70. The molecule has 0 aliphatic carbocycles. The lowest BCUT2D eigenvalue weighted by molar-refractivity contribution is 0.177. The number of anilines is 1. The van der Waals surface area contributed by atoms with Crippen LogP contribution in [0.3, 0.4) is 0 Å². The zero-order valence-corrected chi connectivity index (χ0v) is 9.38. The van der Waals surface area contributed by atoms with Crippen molar-refractivity contribution in [2.75, 3.05) is 5.73 Å². The highest BCUT2D eigenvalue weighted by molar-refractivity contribution is 5.47. The molecule has 1 atom stereocenters. The number of aliphatic hydroxyl groups excluding tert-OH is 1. The number of rotatable bonds is 3. The molecule has 3 nitrogen and oxygen atoms in total. The molecule has 0 radical (unpaired) electrons. The molecule has 2 aromatic carbocycles. The van der Waals surface area contributed by atoms with E-state index in [1.807, 2.05) is 30.3 Å². The topological polar surface area (TPSA) is 66.5 Å². The highest BCUT2D eigenvalue weighted by Gasteiger charge is 2.11. The van der Waals surface area contributed by atoms with Crippen molar-refractivity contribution >= 4 is 5.69 Å². The van der Waals surface area contributed by atoms with Gasteiger partial charge in [0.2, 0.25) is 0 Å². The number of aromatic hydroxyl groups is 1. The van der Waals surface area contributed by atoms with E-state index >= 15 is 0 Å². The smallest absolute Gasteiger partial charge is 0.119 e. The minimum Gasteiger partial charge on any atom is -0.508 e. The molecule has 88 valence electrons. The van der Waals surface area contributed by atoms with Crippen molar-refractivity contribution in [1.82, 2.24) is 0 Å². The van der Waals surface area contributed by atoms with Gasteiger partial charge in [-0.05, 0) is 29.3 Å². The fraction of sp³-hybridized carbons (Fsp3) is 0.143. The molecular formula is C14H15NO2. The molecule has 0 aliphatic heterocycles. The van der Waals surface area contributed by atoms with Gasteiger partial charge in [0.25, 0.3) is 0 Å². The molecule has 2 aromatic rings. The van der Waals surface area contributed by atoms with E-state index in [1.54, 1.807) is 18.2 Å². The first-order valence-electron chi connectivity index (χ1n) is 5.47. The Labute approximate surface area is 100 Å². The molecule has 2 rings (SSSR count). The molecule has 0 bridgehead atoms. The Hall–Kier alpha value is -2.00. The van der Waals surface area contributed by atoms with Crippen molar-refractivity contribution in [3.63, 3.8) is 0 Å². The van der Waals surface area contributed by atoms with Crippen LogP contribution in [0, 0.1) is 0 Å². The fourth-order valence-electron chi connectivity index (χ4n) is 1.77. The molecule has 0 saturated carbocycles. The molecular weight excluding hydrogens is 214 g/mol. The normalized spacial score (nSPS) is 12.3. The van der Waals surface area contributed by atoms with Crippen LogP contribution in [0.2, 0.25) is 0 Å². The van der Waals surface area contributed by atoms with Crippen molar-refractivity contribution in [3.05, 3.63) is 59.7 Å². The lowest BCUT2D eigenvalue weighted by atomic mass is 10.0. The predicted molar refractivity (Wildman–Crippen MR) is 67.6 cm³/mol. The van der Waals surface area contributed by atoms with Gasteiger partial charge in [-0.1, -0.05) is 30.3 Å². The van der Waals surface area contributed by atoms with Crippen molar-refractivity contribution in [3.8, 4) is 5.75 Å². The van der Waals surface area contributed by atoms with E-state index in [0.29, 0.717) is 17.7 Å². The van der Waals surface area contributed by atoms with Crippen LogP contribution >= 0.6 is 0 Å². The first kappa shape index (κ1) is 11.5. The number of phenolic OH excluding ortho intramolecular Hbond substituents is 1. The predicted octanol–water partition coefficient (Wildman–Crippen LogP) is 2.25. The summed E-state index contributed by atoms with van der Waals surface area (Å²) in [4.78, 5) is 0. The number of benzene rings is 2. The van der Waals surface area contributed by atoms with Gasteiger partial charge in [0.05, 0.1) is 6.10 Å². The summed E-state index contributed by atoms with van der Waals surface area (Å²) >= 11 is 0. The first-order valence-corrected chi connectivity index (χ1v) is 5.47. The Morgan fingerprint density at radius 1 is 1.06 bits per heavy atom. The van der Waals surface area contributed by atoms with Crippen LogP contribution in [0.5, 0.6) is 5.75 Å². The Balaban J connectivity index is 2.18. The van der Waals surface area contributed by atoms with Gasteiger partial charge in [0.15, 0.2) is 0 Å². The Kier molecular flexibility index (Phi) is 3.30. The second kappa shape index (κ2) is 4.89. The maximum atomic E-state index is 10.0. The Bertz CT molecular complexity index is 497. The molecule has 0 saturated heterocycles. The summed E-state index contributed by atoms with van der Waals surface area (Å²) in [5.41, 5.74) is 7.71. The zero-order chi connectivity index (χ0) is 12.3. The average molecular weight is 229 g/mol. The second-order valence-corrected chi connectivity index (χ2v) is 4.02. The third-order valence-corrected chi connectivity index (χ3v) is 2.70. The standard InChI is InChI=1S/C14H15NO2/c15-12-6-7-13(16)11(8-12)9-14(17)10-4-2-1-3-5-10/h1-8,14,16-17H,9,15H2. The molecule has 3 heteroatoms. The van der Waals surface area contributed by atoms with Crippen molar-refractivity contribution in [1.29, 1.82) is 0 Å². The van der Waals surface area contributed by atoms with E-state index in [-0.39, 0.29) is 5.75 Å². The fourth-order valence-corrected chi connectivity index (χ4v) is 1.77. The van der Waals surface area contributed by atoms with Crippen LogP contribution in [0.1, 0.15) is 17.2 Å². The third kappa shape index (κ3) is 2.77. The molecule has 0 aromatic heterocycles. The molecule has 0 amide bonds. The van der Waals surface area contributed by atoms with Crippen molar-refractivity contribution in [2.24, 2.45) is 0 Å². The average Bonchev–Trinajstić information content (AvgIpc) is 2.35. The van der Waals surface area contributed by atoms with E-state index in [0.717, 1.165) is 5.56 Å². The zero-order valence-electron chi connectivity index (χ0n) is 9.38. The van der Waals surface area contributed by atoms with Crippen LogP contribution in [0.4, 0.5) is 5.69 Å². The monoisotopic (exact) mass is 229 g/mol. The van der Waals surface area contributed by atoms with Crippen molar-refractivity contribution in [2.45, 2.75) is 12.5 Å². The minimum atomic E-state index is -0.635. The summed E-state index contributed by atoms with van der Waals surface area (Å²) in [6, 6.07) is 14.2. The summed E-state index contributed by atoms with van der Waals surface area (Å²) in [5.74, 6) is 0.161. The first-order chi connectivity index (χ1) is 8.16. The molecule has 0 spiro atoms. The van der Waals surface area contributed by atoms with Gasteiger partial charge in [-0.3, -0.25) is 0 Å². The number of phenols is 1. The van der Waals surface area contributed by atoms with Gasteiger partial charge in [-0.15, -0.1) is 0 Å². The van der Waals surface area contributed by atoms with E-state index < -0.39 is 6.10 Å². The van der Waals surface area contributed by atoms with Gasteiger partial charge in [-0.25, -0.2) is 0 Å². The number of nitrogen functional groups attached to an aromatic ring is 1. The van der Waals surface area contributed by atoms with Crippen LogP contribution < -0.4 is 5.73 Å². The van der Waals surface area contributed by atoms with Crippen LogP contribution in [0.25, 0.3) is 0 Å². The molecule has 0 heterocycles. The summed E-state index contributed by atoms with van der Waals surface area (Å²) in [6.45, 7) is 0. The molecule has 0 aliphatic rings. The quantitative estimate of drug-likeness (QED) is 0.558. The minimum absolute atomic E-state index is 0.161. The van der Waals surface area contributed by atoms with Gasteiger partial charge in [0, 0.05) is 12.1 Å². The number of hydrogen-bond acceptors (Lipinski definition) is 3. The summed E-state index contributed by atoms with van der Waals surface area (Å²) in [6.07, 6.45) is -0.287. The number of nitrogens with two attached hydrogens (primary N) is 1. The summed E-state index contributed by atoms with van der Waals surface area (Å²) < 4.78 is 0. The SMILES string of the molecule is Nc1ccc(O)c(CC(O)c2ccccc2)c1.